The van der Waals surface area contributed by atoms with Crippen molar-refractivity contribution in [3.8, 4) is 0 Å². The van der Waals surface area contributed by atoms with Gasteiger partial charge in [0.05, 0.1) is 0 Å². The van der Waals surface area contributed by atoms with Crippen molar-refractivity contribution in [3.63, 3.8) is 0 Å². The van der Waals surface area contributed by atoms with E-state index in [9.17, 15) is 9.59 Å². The Hall–Kier alpha value is -2.82. The molecule has 2 aromatic rings. The van der Waals surface area contributed by atoms with Crippen molar-refractivity contribution < 1.29 is 9.59 Å². The molecule has 2 aromatic carbocycles. The second-order valence-electron chi connectivity index (χ2n) is 6.40. The minimum Gasteiger partial charge on any atom is -0.399 e. The third kappa shape index (κ3) is 5.35. The van der Waals surface area contributed by atoms with Crippen molar-refractivity contribution in [3.05, 3.63) is 59.2 Å². The maximum absolute atomic E-state index is 12.2. The van der Waals surface area contributed by atoms with Crippen molar-refractivity contribution in [1.29, 1.82) is 0 Å². The molecule has 5 heteroatoms. The van der Waals surface area contributed by atoms with Gasteiger partial charge in [-0.3, -0.25) is 9.59 Å². The predicted octanol–water partition coefficient (Wildman–Crippen LogP) is 3.29. The summed E-state index contributed by atoms with van der Waals surface area (Å²) < 4.78 is 0. The molecule has 5 nitrogen and oxygen atoms in total. The number of para-hydroxylation sites is 1. The number of nitrogens with two attached hydrogens (primary N) is 1. The summed E-state index contributed by atoms with van der Waals surface area (Å²) in [6, 6.07) is 12.9. The van der Waals surface area contributed by atoms with Gasteiger partial charge in [0.25, 0.3) is 5.91 Å². The number of hydrogen-bond donors (Lipinski definition) is 3. The lowest BCUT2D eigenvalue weighted by Crippen LogP contribution is -2.30. The first kappa shape index (κ1) is 18.5. The number of anilines is 2. The second kappa shape index (κ2) is 8.33. The molecule has 0 aliphatic carbocycles. The highest BCUT2D eigenvalue weighted by Gasteiger charge is 2.11. The summed E-state index contributed by atoms with van der Waals surface area (Å²) >= 11 is 0. The van der Waals surface area contributed by atoms with Crippen LogP contribution >= 0.6 is 0 Å². The van der Waals surface area contributed by atoms with Gasteiger partial charge in [0.15, 0.2) is 0 Å². The Morgan fingerprint density at radius 3 is 2.48 bits per heavy atom. The van der Waals surface area contributed by atoms with E-state index in [1.165, 1.54) is 0 Å². The molecule has 0 fully saturated rings. The van der Waals surface area contributed by atoms with Crippen molar-refractivity contribution in [2.75, 3.05) is 11.1 Å². The largest absolute Gasteiger partial charge is 0.399 e. The lowest BCUT2D eigenvalue weighted by Gasteiger charge is -2.12. The molecule has 0 saturated heterocycles. The monoisotopic (exact) mass is 339 g/mol. The van der Waals surface area contributed by atoms with Crippen molar-refractivity contribution >= 4 is 23.2 Å². The van der Waals surface area contributed by atoms with Gasteiger partial charge in [-0.2, -0.15) is 0 Å². The maximum atomic E-state index is 12.2. The van der Waals surface area contributed by atoms with Crippen LogP contribution in [0.4, 0.5) is 11.4 Å². The van der Waals surface area contributed by atoms with Crippen LogP contribution in [0, 0.1) is 6.92 Å². The summed E-state index contributed by atoms with van der Waals surface area (Å²) in [7, 11) is 0. The van der Waals surface area contributed by atoms with Crippen LogP contribution in [0.3, 0.4) is 0 Å². The van der Waals surface area contributed by atoms with E-state index < -0.39 is 0 Å². The molecule has 0 aliphatic heterocycles. The molecule has 2 amide bonds. The Bertz CT molecular complexity index is 769. The molecule has 0 spiro atoms. The van der Waals surface area contributed by atoms with Crippen LogP contribution in [-0.2, 0) is 11.2 Å². The number of carbonyl (C=O) groups excluding carboxylic acids is 2. The first-order valence-electron chi connectivity index (χ1n) is 8.41. The predicted molar refractivity (Wildman–Crippen MR) is 102 cm³/mol. The smallest absolute Gasteiger partial charge is 0.251 e. The summed E-state index contributed by atoms with van der Waals surface area (Å²) in [6.07, 6.45) is 0.940. The molecule has 0 bridgehead atoms. The highest BCUT2D eigenvalue weighted by Crippen LogP contribution is 2.18. The quantitative estimate of drug-likeness (QED) is 0.706. The van der Waals surface area contributed by atoms with E-state index in [2.05, 4.69) is 10.6 Å². The molecule has 0 saturated carbocycles. The average molecular weight is 339 g/mol. The average Bonchev–Trinajstić information content (AvgIpc) is 2.55. The van der Waals surface area contributed by atoms with Gasteiger partial charge < -0.3 is 16.4 Å². The summed E-state index contributed by atoms with van der Waals surface area (Å²) in [5, 5.41) is 5.75. The lowest BCUT2D eigenvalue weighted by molar-refractivity contribution is -0.116. The zero-order valence-corrected chi connectivity index (χ0v) is 14.9. The fourth-order valence-corrected chi connectivity index (χ4v) is 2.51. The summed E-state index contributed by atoms with van der Waals surface area (Å²) in [6.45, 7) is 5.70. The van der Waals surface area contributed by atoms with E-state index >= 15 is 0 Å². The Morgan fingerprint density at radius 2 is 1.84 bits per heavy atom. The molecule has 0 aromatic heterocycles. The van der Waals surface area contributed by atoms with Gasteiger partial charge in [-0.25, -0.2) is 0 Å². The summed E-state index contributed by atoms with van der Waals surface area (Å²) in [4.78, 5) is 24.2. The van der Waals surface area contributed by atoms with E-state index in [0.717, 1.165) is 11.1 Å². The maximum Gasteiger partial charge on any atom is 0.251 e. The van der Waals surface area contributed by atoms with Gasteiger partial charge >= 0.3 is 0 Å². The van der Waals surface area contributed by atoms with Gasteiger partial charge in [-0.05, 0) is 62.6 Å². The topological polar surface area (TPSA) is 84.2 Å². The molecule has 2 rings (SSSR count). The third-order valence-corrected chi connectivity index (χ3v) is 3.86. The first-order chi connectivity index (χ1) is 11.9. The Balaban J connectivity index is 1.97. The van der Waals surface area contributed by atoms with Crippen LogP contribution in [-0.4, -0.2) is 17.9 Å². The number of carbonyl (C=O) groups is 2. The highest BCUT2D eigenvalue weighted by atomic mass is 16.2. The number of hydrogen-bond acceptors (Lipinski definition) is 3. The molecule has 0 heterocycles. The van der Waals surface area contributed by atoms with E-state index in [1.54, 1.807) is 18.2 Å². The van der Waals surface area contributed by atoms with Gasteiger partial charge in [-0.15, -0.1) is 0 Å². The number of rotatable bonds is 6. The molecule has 0 radical (unpaired) electrons. The number of amides is 2. The Labute approximate surface area is 148 Å². The zero-order valence-electron chi connectivity index (χ0n) is 14.9. The molecule has 0 unspecified atom stereocenters. The van der Waals surface area contributed by atoms with Crippen molar-refractivity contribution in [2.45, 2.75) is 39.7 Å². The van der Waals surface area contributed by atoms with Crippen LogP contribution in [0.2, 0.25) is 0 Å². The Morgan fingerprint density at radius 1 is 1.12 bits per heavy atom. The van der Waals surface area contributed by atoms with E-state index in [-0.39, 0.29) is 17.9 Å². The third-order valence-electron chi connectivity index (χ3n) is 3.86. The first-order valence-corrected chi connectivity index (χ1v) is 8.41. The fraction of sp³-hybridized carbons (Fsp3) is 0.300. The van der Waals surface area contributed by atoms with Gasteiger partial charge in [0, 0.05) is 29.4 Å². The van der Waals surface area contributed by atoms with Crippen LogP contribution in [0.5, 0.6) is 0 Å². The van der Waals surface area contributed by atoms with Crippen LogP contribution in [0.15, 0.2) is 42.5 Å². The molecule has 132 valence electrons. The van der Waals surface area contributed by atoms with Crippen LogP contribution in [0.25, 0.3) is 0 Å². The molecular formula is C20H25N3O2. The normalized spacial score (nSPS) is 10.6. The standard InChI is InChI=1S/C20H25N3O2/c1-13(2)22-20(25)16-8-10-18(14(3)12-16)23-19(24)11-9-15-6-4-5-7-17(15)21/h4-8,10,12-13H,9,11,21H2,1-3H3,(H,22,25)(H,23,24). The van der Waals surface area contributed by atoms with Crippen molar-refractivity contribution in [2.24, 2.45) is 0 Å². The Kier molecular flexibility index (Phi) is 6.17. The fourth-order valence-electron chi connectivity index (χ4n) is 2.51. The van der Waals surface area contributed by atoms with Gasteiger partial charge in [-0.1, -0.05) is 18.2 Å². The van der Waals surface area contributed by atoms with Crippen LogP contribution < -0.4 is 16.4 Å². The SMILES string of the molecule is Cc1cc(C(=O)NC(C)C)ccc1NC(=O)CCc1ccccc1N. The minimum atomic E-state index is -0.115. The highest BCUT2D eigenvalue weighted by molar-refractivity contribution is 5.96. The van der Waals surface area contributed by atoms with Crippen molar-refractivity contribution in [1.82, 2.24) is 5.32 Å². The minimum absolute atomic E-state index is 0.0780. The zero-order chi connectivity index (χ0) is 18.4. The molecule has 0 aliphatic rings. The van der Waals surface area contributed by atoms with E-state index in [4.69, 9.17) is 5.73 Å². The van der Waals surface area contributed by atoms with Gasteiger partial charge in [0.2, 0.25) is 5.91 Å². The summed E-state index contributed by atoms with van der Waals surface area (Å²) in [5.74, 6) is -0.193. The lowest BCUT2D eigenvalue weighted by atomic mass is 10.1. The molecule has 0 atom stereocenters. The van der Waals surface area contributed by atoms with E-state index in [1.807, 2.05) is 45.0 Å². The number of nitrogen functional groups attached to an aromatic ring is 1. The molecular weight excluding hydrogens is 314 g/mol. The number of benzene rings is 2. The summed E-state index contributed by atoms with van der Waals surface area (Å²) in [5.41, 5.74) is 9.71. The van der Waals surface area contributed by atoms with Crippen LogP contribution in [0.1, 0.15) is 41.8 Å². The second-order valence-corrected chi connectivity index (χ2v) is 6.40. The van der Waals surface area contributed by atoms with Gasteiger partial charge in [0.1, 0.15) is 0 Å². The van der Waals surface area contributed by atoms with E-state index in [0.29, 0.717) is 29.8 Å². The number of aryl methyl sites for hydroxylation is 2. The molecule has 25 heavy (non-hydrogen) atoms. The molecule has 4 N–H and O–H groups in total. The number of nitrogens with one attached hydrogen (secondary N) is 2.